The van der Waals surface area contributed by atoms with E-state index in [0.717, 1.165) is 0 Å². The number of nitrogens with one attached hydrogen (secondary N) is 1. The molecule has 0 atom stereocenters. The summed E-state index contributed by atoms with van der Waals surface area (Å²) in [7, 11) is 2.78. The molecule has 0 aliphatic rings. The Morgan fingerprint density at radius 2 is 2.08 bits per heavy atom. The van der Waals surface area contributed by atoms with Crippen LogP contribution in [-0.4, -0.2) is 44.1 Å². The van der Waals surface area contributed by atoms with Crippen LogP contribution in [0.25, 0.3) is 0 Å². The van der Waals surface area contributed by atoms with Gasteiger partial charge in [0, 0.05) is 13.6 Å². The van der Waals surface area contributed by atoms with Gasteiger partial charge in [-0.25, -0.2) is 4.79 Å². The number of rotatable bonds is 3. The predicted octanol–water partition coefficient (Wildman–Crippen LogP) is -0.179. The second-order valence-electron chi connectivity index (χ2n) is 2.28. The van der Waals surface area contributed by atoms with Crippen LogP contribution in [0.1, 0.15) is 6.92 Å². The van der Waals surface area contributed by atoms with E-state index in [4.69, 9.17) is 0 Å². The fourth-order valence-corrected chi connectivity index (χ4v) is 0.689. The molecule has 70 valence electrons. The van der Waals surface area contributed by atoms with E-state index in [9.17, 15) is 9.59 Å². The number of carbonyl (C=O) groups is 2. The molecule has 0 aromatic carbocycles. The molecule has 0 saturated heterocycles. The van der Waals surface area contributed by atoms with E-state index in [2.05, 4.69) is 10.1 Å². The molecule has 5 nitrogen and oxygen atoms in total. The van der Waals surface area contributed by atoms with Crippen molar-refractivity contribution in [3.8, 4) is 0 Å². The van der Waals surface area contributed by atoms with Crippen LogP contribution < -0.4 is 5.32 Å². The van der Waals surface area contributed by atoms with Crippen LogP contribution in [0.5, 0.6) is 0 Å². The lowest BCUT2D eigenvalue weighted by atomic mass is 10.5. The first-order chi connectivity index (χ1) is 5.61. The number of methoxy groups -OCH3 is 1. The van der Waals surface area contributed by atoms with Gasteiger partial charge >= 0.3 is 6.09 Å². The SMILES string of the molecule is CCNC(=O)CN(C)C(=O)OC. The monoisotopic (exact) mass is 174 g/mol. The van der Waals surface area contributed by atoms with Gasteiger partial charge in [-0.15, -0.1) is 0 Å². The van der Waals surface area contributed by atoms with Crippen LogP contribution in [0.3, 0.4) is 0 Å². The average Bonchev–Trinajstić information content (AvgIpc) is 2.03. The molecule has 0 aliphatic heterocycles. The van der Waals surface area contributed by atoms with Gasteiger partial charge in [-0.05, 0) is 6.92 Å². The minimum atomic E-state index is -0.513. The van der Waals surface area contributed by atoms with Gasteiger partial charge < -0.3 is 15.0 Å². The van der Waals surface area contributed by atoms with E-state index in [0.29, 0.717) is 6.54 Å². The van der Waals surface area contributed by atoms with Gasteiger partial charge in [0.25, 0.3) is 0 Å². The summed E-state index contributed by atoms with van der Waals surface area (Å²) in [5.74, 6) is -0.189. The highest BCUT2D eigenvalue weighted by Gasteiger charge is 2.11. The lowest BCUT2D eigenvalue weighted by Gasteiger charge is -2.14. The second kappa shape index (κ2) is 5.40. The number of hydrogen-bond acceptors (Lipinski definition) is 3. The topological polar surface area (TPSA) is 58.6 Å². The van der Waals surface area contributed by atoms with Crippen LogP contribution in [-0.2, 0) is 9.53 Å². The Morgan fingerprint density at radius 1 is 1.50 bits per heavy atom. The molecule has 12 heavy (non-hydrogen) atoms. The summed E-state index contributed by atoms with van der Waals surface area (Å²) in [6.45, 7) is 2.41. The highest BCUT2D eigenvalue weighted by atomic mass is 16.5. The largest absolute Gasteiger partial charge is 0.453 e. The summed E-state index contributed by atoms with van der Waals surface area (Å²) in [6.07, 6.45) is -0.513. The summed E-state index contributed by atoms with van der Waals surface area (Å²) in [5.41, 5.74) is 0. The van der Waals surface area contributed by atoms with E-state index in [1.807, 2.05) is 6.92 Å². The van der Waals surface area contributed by atoms with E-state index in [1.54, 1.807) is 0 Å². The molecule has 0 bridgehead atoms. The molecule has 0 aromatic rings. The molecule has 0 aromatic heterocycles. The maximum absolute atomic E-state index is 10.9. The van der Waals surface area contributed by atoms with Crippen LogP contribution in [0, 0.1) is 0 Å². The zero-order valence-corrected chi connectivity index (χ0v) is 7.59. The van der Waals surface area contributed by atoms with Crippen LogP contribution in [0.2, 0.25) is 0 Å². The van der Waals surface area contributed by atoms with Crippen molar-refractivity contribution in [1.82, 2.24) is 10.2 Å². The minimum absolute atomic E-state index is 0.0283. The zero-order chi connectivity index (χ0) is 9.56. The van der Waals surface area contributed by atoms with Crippen molar-refractivity contribution >= 4 is 12.0 Å². The molecule has 0 aliphatic carbocycles. The standard InChI is InChI=1S/C7H14N2O3/c1-4-8-6(10)5-9(2)7(11)12-3/h4-5H2,1-3H3,(H,8,10). The van der Waals surface area contributed by atoms with Crippen LogP contribution in [0.4, 0.5) is 4.79 Å². The lowest BCUT2D eigenvalue weighted by Crippen LogP contribution is -2.38. The van der Waals surface area contributed by atoms with Crippen molar-refractivity contribution in [2.75, 3.05) is 27.2 Å². The molecular formula is C7H14N2O3. The molecule has 1 N–H and O–H groups in total. The van der Waals surface area contributed by atoms with Crippen LogP contribution in [0.15, 0.2) is 0 Å². The summed E-state index contributed by atoms with van der Waals surface area (Å²) < 4.78 is 4.40. The molecule has 0 unspecified atom stereocenters. The summed E-state index contributed by atoms with van der Waals surface area (Å²) in [4.78, 5) is 22.9. The first kappa shape index (κ1) is 10.7. The van der Waals surface area contributed by atoms with Crippen molar-refractivity contribution < 1.29 is 14.3 Å². The van der Waals surface area contributed by atoms with Gasteiger partial charge in [0.15, 0.2) is 0 Å². The minimum Gasteiger partial charge on any atom is -0.453 e. The van der Waals surface area contributed by atoms with Gasteiger partial charge in [0.1, 0.15) is 6.54 Å². The third-order valence-electron chi connectivity index (χ3n) is 1.24. The van der Waals surface area contributed by atoms with E-state index in [-0.39, 0.29) is 12.5 Å². The third-order valence-corrected chi connectivity index (χ3v) is 1.24. The Balaban J connectivity index is 3.75. The Kier molecular flexibility index (Phi) is 4.83. The molecule has 0 saturated carbocycles. The molecule has 0 radical (unpaired) electrons. The Morgan fingerprint density at radius 3 is 2.50 bits per heavy atom. The molecule has 0 rings (SSSR count). The molecule has 0 spiro atoms. The molecule has 2 amide bonds. The fourth-order valence-electron chi connectivity index (χ4n) is 0.689. The zero-order valence-electron chi connectivity index (χ0n) is 7.59. The maximum Gasteiger partial charge on any atom is 0.409 e. The predicted molar refractivity (Wildman–Crippen MR) is 43.7 cm³/mol. The van der Waals surface area contributed by atoms with E-state index in [1.165, 1.54) is 19.1 Å². The normalized spacial score (nSPS) is 8.92. The summed E-state index contributed by atoms with van der Waals surface area (Å²) in [5, 5.41) is 2.57. The van der Waals surface area contributed by atoms with Crippen molar-refractivity contribution in [3.63, 3.8) is 0 Å². The van der Waals surface area contributed by atoms with Gasteiger partial charge in [-0.2, -0.15) is 0 Å². The van der Waals surface area contributed by atoms with Gasteiger partial charge in [-0.3, -0.25) is 4.79 Å². The number of likely N-dealkylation sites (N-methyl/N-ethyl adjacent to an activating group) is 2. The number of hydrogen-bond donors (Lipinski definition) is 1. The van der Waals surface area contributed by atoms with E-state index < -0.39 is 6.09 Å². The number of amides is 2. The first-order valence-corrected chi connectivity index (χ1v) is 3.67. The van der Waals surface area contributed by atoms with Gasteiger partial charge in [0.05, 0.1) is 7.11 Å². The van der Waals surface area contributed by atoms with Crippen molar-refractivity contribution in [1.29, 1.82) is 0 Å². The number of nitrogens with zero attached hydrogens (tertiary/aromatic N) is 1. The van der Waals surface area contributed by atoms with Gasteiger partial charge in [0.2, 0.25) is 5.91 Å². The highest BCUT2D eigenvalue weighted by molar-refractivity contribution is 5.81. The second-order valence-corrected chi connectivity index (χ2v) is 2.28. The first-order valence-electron chi connectivity index (χ1n) is 3.67. The average molecular weight is 174 g/mol. The van der Waals surface area contributed by atoms with Crippen molar-refractivity contribution in [2.45, 2.75) is 6.92 Å². The van der Waals surface area contributed by atoms with Crippen molar-refractivity contribution in [2.24, 2.45) is 0 Å². The maximum atomic E-state index is 10.9. The fraction of sp³-hybridized carbons (Fsp3) is 0.714. The Bertz CT molecular complexity index is 170. The Labute approximate surface area is 71.7 Å². The summed E-state index contributed by atoms with van der Waals surface area (Å²) in [6, 6.07) is 0. The molecule has 5 heteroatoms. The Hall–Kier alpha value is -1.26. The summed E-state index contributed by atoms with van der Waals surface area (Å²) >= 11 is 0. The lowest BCUT2D eigenvalue weighted by molar-refractivity contribution is -0.121. The smallest absolute Gasteiger partial charge is 0.409 e. The molecule has 0 fully saturated rings. The number of carbonyl (C=O) groups excluding carboxylic acids is 2. The molecule has 0 heterocycles. The van der Waals surface area contributed by atoms with Crippen LogP contribution >= 0.6 is 0 Å². The highest BCUT2D eigenvalue weighted by Crippen LogP contribution is 1.86. The number of ether oxygens (including phenoxy) is 1. The van der Waals surface area contributed by atoms with E-state index >= 15 is 0 Å². The van der Waals surface area contributed by atoms with Gasteiger partial charge in [-0.1, -0.05) is 0 Å². The van der Waals surface area contributed by atoms with Crippen molar-refractivity contribution in [3.05, 3.63) is 0 Å². The molecular weight excluding hydrogens is 160 g/mol. The third kappa shape index (κ3) is 3.80. The quantitative estimate of drug-likeness (QED) is 0.645.